The first kappa shape index (κ1) is 18.4. The average molecular weight is 418 g/mol. The highest BCUT2D eigenvalue weighted by Crippen LogP contribution is 2.29. The minimum atomic E-state index is -0.395. The predicted molar refractivity (Wildman–Crippen MR) is 105 cm³/mol. The van der Waals surface area contributed by atoms with Crippen molar-refractivity contribution in [1.29, 1.82) is 0 Å². The van der Waals surface area contributed by atoms with Gasteiger partial charge in [-0.2, -0.15) is 0 Å². The maximum Gasteiger partial charge on any atom is 0.270 e. The third kappa shape index (κ3) is 4.40. The van der Waals surface area contributed by atoms with Crippen LogP contribution in [0.15, 0.2) is 48.5 Å². The summed E-state index contributed by atoms with van der Waals surface area (Å²) < 4.78 is 7.68. The van der Waals surface area contributed by atoms with Crippen molar-refractivity contribution >= 4 is 32.5 Å². The molecule has 26 heavy (non-hydrogen) atoms. The molecule has 7 heteroatoms. The van der Waals surface area contributed by atoms with Crippen molar-refractivity contribution in [2.45, 2.75) is 25.8 Å². The molecule has 0 aliphatic heterocycles. The van der Waals surface area contributed by atoms with Crippen molar-refractivity contribution in [2.24, 2.45) is 0 Å². The number of hydrogen-bond acceptors (Lipinski definition) is 4. The van der Waals surface area contributed by atoms with Crippen LogP contribution in [0.1, 0.15) is 24.8 Å². The lowest BCUT2D eigenvalue weighted by Gasteiger charge is -2.03. The summed E-state index contributed by atoms with van der Waals surface area (Å²) in [7, 11) is 0. The second-order valence-corrected chi connectivity index (χ2v) is 6.80. The molecule has 0 atom stereocenters. The molecule has 0 fully saturated rings. The van der Waals surface area contributed by atoms with Gasteiger partial charge in [-0.3, -0.25) is 14.8 Å². The molecule has 0 radical (unpaired) electrons. The Morgan fingerprint density at radius 2 is 1.92 bits per heavy atom. The van der Waals surface area contributed by atoms with E-state index in [1.807, 2.05) is 35.0 Å². The van der Waals surface area contributed by atoms with Gasteiger partial charge in [-0.15, -0.1) is 5.10 Å². The fourth-order valence-electron chi connectivity index (χ4n) is 2.78. The highest BCUT2D eigenvalue weighted by atomic mass is 79.9. The summed E-state index contributed by atoms with van der Waals surface area (Å²) in [6.07, 6.45) is 3.08. The highest BCUT2D eigenvalue weighted by Gasteiger charge is 2.16. The zero-order valence-corrected chi connectivity index (χ0v) is 15.9. The van der Waals surface area contributed by atoms with E-state index in [9.17, 15) is 10.1 Å². The number of halogens is 1. The monoisotopic (exact) mass is 417 g/mol. The lowest BCUT2D eigenvalue weighted by molar-refractivity contribution is -0.384. The van der Waals surface area contributed by atoms with Crippen LogP contribution in [0.5, 0.6) is 5.88 Å². The van der Waals surface area contributed by atoms with Crippen molar-refractivity contribution in [3.05, 3.63) is 64.2 Å². The molecule has 3 rings (SSSR count). The molecule has 6 nitrogen and oxygen atoms in total. The fraction of sp³-hybridized carbons (Fsp3) is 0.316. The molecule has 0 aliphatic carbocycles. The van der Waals surface area contributed by atoms with Gasteiger partial charge in [0.2, 0.25) is 5.88 Å². The van der Waals surface area contributed by atoms with Gasteiger partial charge in [0.15, 0.2) is 0 Å². The number of rotatable bonds is 9. The van der Waals surface area contributed by atoms with Gasteiger partial charge < -0.3 is 4.74 Å². The predicted octanol–water partition coefficient (Wildman–Crippen LogP) is 4.94. The summed E-state index contributed by atoms with van der Waals surface area (Å²) in [6, 6.07) is 14.8. The number of alkyl halides is 1. The van der Waals surface area contributed by atoms with Crippen LogP contribution in [-0.2, 0) is 6.54 Å². The van der Waals surface area contributed by atoms with E-state index in [1.54, 1.807) is 6.07 Å². The second kappa shape index (κ2) is 8.80. The number of non-ortho nitro benzene ring substituents is 1. The Balaban J connectivity index is 1.88. The Morgan fingerprint density at radius 3 is 2.65 bits per heavy atom. The SMILES string of the molecule is O=[N+]([O-])c1ccc2c(c1)c(OCCCCCBr)nn2Cc1ccccc1. The maximum atomic E-state index is 11.1. The number of hydrogen-bond donors (Lipinski definition) is 0. The van der Waals surface area contributed by atoms with E-state index in [1.165, 1.54) is 12.1 Å². The summed E-state index contributed by atoms with van der Waals surface area (Å²) in [6.45, 7) is 1.13. The van der Waals surface area contributed by atoms with Gasteiger partial charge in [-0.1, -0.05) is 46.3 Å². The molecule has 0 bridgehead atoms. The summed E-state index contributed by atoms with van der Waals surface area (Å²) in [5.41, 5.74) is 1.98. The van der Waals surface area contributed by atoms with Crippen LogP contribution in [0.2, 0.25) is 0 Å². The molecule has 0 saturated heterocycles. The summed E-state index contributed by atoms with van der Waals surface area (Å²) in [5, 5.41) is 17.3. The van der Waals surface area contributed by atoms with Crippen molar-refractivity contribution in [3.63, 3.8) is 0 Å². The third-order valence-corrected chi connectivity index (χ3v) is 4.66. The first-order chi connectivity index (χ1) is 12.7. The van der Waals surface area contributed by atoms with Gasteiger partial charge in [0.1, 0.15) is 0 Å². The molecule has 0 amide bonds. The number of benzene rings is 2. The molecule has 0 spiro atoms. The number of ether oxygens (including phenoxy) is 1. The van der Waals surface area contributed by atoms with E-state index in [0.717, 1.165) is 35.7 Å². The molecule has 1 heterocycles. The minimum Gasteiger partial charge on any atom is -0.476 e. The number of nitrogens with zero attached hydrogens (tertiary/aromatic N) is 3. The molecule has 0 N–H and O–H groups in total. The minimum absolute atomic E-state index is 0.0425. The Hall–Kier alpha value is -2.41. The summed E-state index contributed by atoms with van der Waals surface area (Å²) >= 11 is 3.41. The van der Waals surface area contributed by atoms with Gasteiger partial charge in [0.25, 0.3) is 5.69 Å². The van der Waals surface area contributed by atoms with Crippen LogP contribution >= 0.6 is 15.9 Å². The number of unbranched alkanes of at least 4 members (excludes halogenated alkanes) is 2. The van der Waals surface area contributed by atoms with Gasteiger partial charge in [0, 0.05) is 17.5 Å². The molecule has 0 aliphatic rings. The van der Waals surface area contributed by atoms with Crippen LogP contribution in [0.3, 0.4) is 0 Å². The van der Waals surface area contributed by atoms with Crippen LogP contribution in [-0.4, -0.2) is 26.6 Å². The van der Waals surface area contributed by atoms with Crippen LogP contribution in [0, 0.1) is 10.1 Å². The Kier molecular flexibility index (Phi) is 6.22. The van der Waals surface area contributed by atoms with Crippen molar-refractivity contribution in [2.75, 3.05) is 11.9 Å². The second-order valence-electron chi connectivity index (χ2n) is 6.01. The molecule has 136 valence electrons. The van der Waals surface area contributed by atoms with Crippen molar-refractivity contribution in [1.82, 2.24) is 9.78 Å². The van der Waals surface area contributed by atoms with Crippen molar-refractivity contribution in [3.8, 4) is 5.88 Å². The quantitative estimate of drug-likeness (QED) is 0.214. The van der Waals surface area contributed by atoms with E-state index in [-0.39, 0.29) is 5.69 Å². The lowest BCUT2D eigenvalue weighted by Crippen LogP contribution is -2.03. The van der Waals surface area contributed by atoms with Crippen LogP contribution < -0.4 is 4.74 Å². The largest absolute Gasteiger partial charge is 0.476 e. The van der Waals surface area contributed by atoms with E-state index in [2.05, 4.69) is 21.0 Å². The lowest BCUT2D eigenvalue weighted by atomic mass is 10.2. The van der Waals surface area contributed by atoms with Crippen LogP contribution in [0.25, 0.3) is 10.9 Å². The van der Waals surface area contributed by atoms with Gasteiger partial charge in [-0.05, 0) is 30.9 Å². The molecule has 1 aromatic heterocycles. The number of fused-ring (bicyclic) bond motifs is 1. The Labute approximate surface area is 160 Å². The first-order valence-electron chi connectivity index (χ1n) is 8.56. The van der Waals surface area contributed by atoms with Gasteiger partial charge in [-0.25, -0.2) is 0 Å². The van der Waals surface area contributed by atoms with E-state index in [4.69, 9.17) is 4.74 Å². The molecule has 0 unspecified atom stereocenters. The summed E-state index contributed by atoms with van der Waals surface area (Å²) in [4.78, 5) is 10.7. The van der Waals surface area contributed by atoms with E-state index in [0.29, 0.717) is 24.4 Å². The van der Waals surface area contributed by atoms with E-state index < -0.39 is 4.92 Å². The number of aromatic nitrogens is 2. The normalized spacial score (nSPS) is 11.0. The zero-order valence-electron chi connectivity index (χ0n) is 14.3. The van der Waals surface area contributed by atoms with Gasteiger partial charge >= 0.3 is 0 Å². The molecular formula is C19H20BrN3O3. The smallest absolute Gasteiger partial charge is 0.270 e. The molecular weight excluding hydrogens is 398 g/mol. The number of nitro groups is 1. The third-order valence-electron chi connectivity index (χ3n) is 4.10. The van der Waals surface area contributed by atoms with Crippen molar-refractivity contribution < 1.29 is 9.66 Å². The fourth-order valence-corrected chi connectivity index (χ4v) is 3.17. The first-order valence-corrected chi connectivity index (χ1v) is 9.69. The van der Waals surface area contributed by atoms with Crippen LogP contribution in [0.4, 0.5) is 5.69 Å². The highest BCUT2D eigenvalue weighted by molar-refractivity contribution is 9.09. The molecule has 3 aromatic rings. The Morgan fingerprint density at radius 1 is 1.12 bits per heavy atom. The topological polar surface area (TPSA) is 70.2 Å². The average Bonchev–Trinajstić information content (AvgIpc) is 2.99. The molecule has 2 aromatic carbocycles. The summed E-state index contributed by atoms with van der Waals surface area (Å²) in [5.74, 6) is 0.457. The Bertz CT molecular complexity index is 880. The zero-order chi connectivity index (χ0) is 18.4. The molecule has 0 saturated carbocycles. The van der Waals surface area contributed by atoms with E-state index >= 15 is 0 Å². The standard InChI is InChI=1S/C19H20BrN3O3/c20-11-5-2-6-12-26-19-17-13-16(23(24)25)9-10-18(17)22(21-19)14-15-7-3-1-4-8-15/h1,3-4,7-10,13H,2,5-6,11-12,14H2. The number of nitro benzene ring substituents is 1. The maximum absolute atomic E-state index is 11.1. The van der Waals surface area contributed by atoms with Gasteiger partial charge in [0.05, 0.1) is 29.0 Å².